The first kappa shape index (κ1) is 28.6. The molecule has 210 valence electrons. The lowest BCUT2D eigenvalue weighted by Crippen LogP contribution is -2.42. The zero-order chi connectivity index (χ0) is 27.3. The summed E-state index contributed by atoms with van der Waals surface area (Å²) in [5.41, 5.74) is -1.21. The molecule has 12 heteroatoms. The van der Waals surface area contributed by atoms with Gasteiger partial charge in [-0.05, 0) is 82.3 Å². The number of amides is 1. The molecule has 2 aliphatic carbocycles. The molecule has 4 rings (SSSR count). The molecule has 1 atom stereocenters. The predicted molar refractivity (Wildman–Crippen MR) is 130 cm³/mol. The van der Waals surface area contributed by atoms with Gasteiger partial charge in [-0.2, -0.15) is 13.2 Å². The molecule has 0 radical (unpaired) electrons. The summed E-state index contributed by atoms with van der Waals surface area (Å²) >= 11 is 1.18. The van der Waals surface area contributed by atoms with Crippen molar-refractivity contribution in [3.05, 3.63) is 40.2 Å². The maximum Gasteiger partial charge on any atom is 0.422 e. The first-order valence-corrected chi connectivity index (χ1v) is 13.7. The Kier molecular flexibility index (Phi) is 9.20. The second-order valence-electron chi connectivity index (χ2n) is 10.2. The monoisotopic (exact) mass is 563 g/mol. The van der Waals surface area contributed by atoms with Gasteiger partial charge in [-0.3, -0.25) is 9.78 Å². The van der Waals surface area contributed by atoms with Crippen molar-refractivity contribution in [2.45, 2.75) is 94.9 Å². The van der Waals surface area contributed by atoms with Gasteiger partial charge in [0.25, 0.3) is 17.5 Å². The van der Waals surface area contributed by atoms with E-state index in [1.54, 1.807) is 0 Å². The lowest BCUT2D eigenvalue weighted by atomic mass is 9.79. The number of rotatable bonds is 9. The Morgan fingerprint density at radius 3 is 2.63 bits per heavy atom. The number of nitrogens with one attached hydrogen (secondary N) is 1. The van der Waals surface area contributed by atoms with Gasteiger partial charge in [-0.15, -0.1) is 0 Å². The normalized spacial score (nSPS) is 24.1. The predicted octanol–water partition coefficient (Wildman–Crippen LogP) is 7.16. The summed E-state index contributed by atoms with van der Waals surface area (Å²) in [6.45, 7) is -1.34. The van der Waals surface area contributed by atoms with Gasteiger partial charge >= 0.3 is 6.18 Å². The molecule has 2 aromatic heterocycles. The third-order valence-corrected chi connectivity index (χ3v) is 8.50. The van der Waals surface area contributed by atoms with E-state index in [0.717, 1.165) is 42.7 Å². The van der Waals surface area contributed by atoms with Gasteiger partial charge in [0.1, 0.15) is 11.4 Å². The van der Waals surface area contributed by atoms with Crippen molar-refractivity contribution in [1.29, 1.82) is 0 Å². The van der Waals surface area contributed by atoms with Crippen LogP contribution < -0.4 is 10.1 Å². The Morgan fingerprint density at radius 1 is 1.18 bits per heavy atom. The van der Waals surface area contributed by atoms with E-state index in [9.17, 15) is 26.7 Å². The van der Waals surface area contributed by atoms with E-state index < -0.39 is 36.5 Å². The Bertz CT molecular complexity index is 1060. The van der Waals surface area contributed by atoms with Crippen LogP contribution >= 0.6 is 11.3 Å². The number of nitrogens with zero attached hydrogens (tertiary/aromatic N) is 2. The number of ether oxygens (including phenoxy) is 1. The number of carbonyl (C=O) groups is 1. The average Bonchev–Trinajstić information content (AvgIpc) is 3.17. The van der Waals surface area contributed by atoms with Crippen LogP contribution in [-0.4, -0.2) is 40.4 Å². The lowest BCUT2D eigenvalue weighted by Gasteiger charge is -2.34. The smallest absolute Gasteiger partial charge is 0.422 e. The summed E-state index contributed by atoms with van der Waals surface area (Å²) in [6.07, 6.45) is 0.657. The second-order valence-corrected chi connectivity index (χ2v) is 11.3. The topological polar surface area (TPSA) is 64.1 Å². The van der Waals surface area contributed by atoms with E-state index in [1.165, 1.54) is 29.7 Å². The molecule has 0 spiro atoms. The molecule has 1 N–H and O–H groups in total. The molecule has 0 aromatic carbocycles. The molecule has 0 saturated heterocycles. The number of hydrogen-bond acceptors (Lipinski definition) is 5. The summed E-state index contributed by atoms with van der Waals surface area (Å²) in [5.74, 6) is -0.209. The molecule has 2 aliphatic rings. The van der Waals surface area contributed by atoms with E-state index in [2.05, 4.69) is 15.3 Å². The van der Waals surface area contributed by atoms with Crippen molar-refractivity contribution < 1.29 is 35.9 Å². The van der Waals surface area contributed by atoms with Crippen LogP contribution in [0, 0.1) is 5.92 Å². The fourth-order valence-corrected chi connectivity index (χ4v) is 6.32. The van der Waals surface area contributed by atoms with Crippen molar-refractivity contribution >= 4 is 17.2 Å². The average molecular weight is 564 g/mol. The number of pyridine rings is 1. The van der Waals surface area contributed by atoms with E-state index in [4.69, 9.17) is 4.74 Å². The van der Waals surface area contributed by atoms with Gasteiger partial charge < -0.3 is 10.1 Å². The van der Waals surface area contributed by atoms with Crippen LogP contribution in [0.3, 0.4) is 0 Å². The van der Waals surface area contributed by atoms with Crippen LogP contribution in [-0.2, 0) is 12.8 Å². The van der Waals surface area contributed by atoms with Crippen LogP contribution in [0.5, 0.6) is 5.19 Å². The first-order chi connectivity index (χ1) is 18.0. The highest BCUT2D eigenvalue weighted by Crippen LogP contribution is 2.39. The molecule has 5 nitrogen and oxygen atoms in total. The first-order valence-electron chi connectivity index (χ1n) is 12.9. The van der Waals surface area contributed by atoms with Gasteiger partial charge in [0.15, 0.2) is 6.61 Å². The third kappa shape index (κ3) is 7.83. The lowest BCUT2D eigenvalue weighted by molar-refractivity contribution is -0.153. The molecule has 2 aromatic rings. The Balaban J connectivity index is 1.17. The second kappa shape index (κ2) is 12.2. The number of aromatic nitrogens is 2. The van der Waals surface area contributed by atoms with Crippen molar-refractivity contribution in [3.63, 3.8) is 0 Å². The molecule has 38 heavy (non-hydrogen) atoms. The van der Waals surface area contributed by atoms with Crippen LogP contribution in [0.4, 0.5) is 26.3 Å². The minimum absolute atomic E-state index is 0.0619. The van der Waals surface area contributed by atoms with E-state index in [-0.39, 0.29) is 16.8 Å². The SMILES string of the molecule is O=C(NC1CCC(F)(CCCC2CCc3nc(OCC(F)(F)F)sc3CC2)CC1)c1cccnc1C(F)F. The fourth-order valence-electron chi connectivity index (χ4n) is 5.35. The van der Waals surface area contributed by atoms with Gasteiger partial charge in [-0.25, -0.2) is 18.2 Å². The van der Waals surface area contributed by atoms with Crippen molar-refractivity contribution in [1.82, 2.24) is 15.3 Å². The molecular weight excluding hydrogens is 532 g/mol. The number of carbonyl (C=O) groups excluding carboxylic acids is 1. The molecule has 1 fully saturated rings. The van der Waals surface area contributed by atoms with E-state index in [1.807, 2.05) is 0 Å². The number of alkyl halides is 6. The Labute approximate surface area is 221 Å². The molecule has 1 unspecified atom stereocenters. The number of hydrogen-bond donors (Lipinski definition) is 1. The molecule has 0 bridgehead atoms. The zero-order valence-corrected chi connectivity index (χ0v) is 21.7. The highest BCUT2D eigenvalue weighted by molar-refractivity contribution is 7.13. The van der Waals surface area contributed by atoms with E-state index in [0.29, 0.717) is 44.4 Å². The van der Waals surface area contributed by atoms with Crippen LogP contribution in [0.2, 0.25) is 0 Å². The summed E-state index contributed by atoms with van der Waals surface area (Å²) in [7, 11) is 0. The van der Waals surface area contributed by atoms with Gasteiger partial charge in [0.05, 0.1) is 11.3 Å². The standard InChI is InChI=1S/C26H31F6N3O2S/c27-22(28)21-18(4-2-14-33-21)23(36)34-17-9-12-25(29,13-10-17)11-1-3-16-5-7-19-20(8-6-16)38-24(35-19)37-15-26(30,31)32/h2,4,14,16-17,22H,1,3,5-13,15H2,(H,34,36). The molecule has 1 amide bonds. The van der Waals surface area contributed by atoms with Crippen LogP contribution in [0.15, 0.2) is 18.3 Å². The highest BCUT2D eigenvalue weighted by atomic mass is 32.1. The Morgan fingerprint density at radius 2 is 1.92 bits per heavy atom. The van der Waals surface area contributed by atoms with Gasteiger partial charge in [-0.1, -0.05) is 17.8 Å². The van der Waals surface area contributed by atoms with Crippen molar-refractivity contribution in [2.75, 3.05) is 6.61 Å². The maximum absolute atomic E-state index is 15.5. The zero-order valence-electron chi connectivity index (χ0n) is 20.8. The summed E-state index contributed by atoms with van der Waals surface area (Å²) in [5, 5.41) is 2.82. The van der Waals surface area contributed by atoms with Crippen LogP contribution in [0.1, 0.15) is 90.8 Å². The summed E-state index contributed by atoms with van der Waals surface area (Å²) in [6, 6.07) is 2.48. The highest BCUT2D eigenvalue weighted by Gasteiger charge is 2.36. The van der Waals surface area contributed by atoms with Gasteiger partial charge in [0, 0.05) is 17.1 Å². The molecule has 1 saturated carbocycles. The van der Waals surface area contributed by atoms with Crippen molar-refractivity contribution in [3.8, 4) is 5.19 Å². The fraction of sp³-hybridized carbons (Fsp3) is 0.654. The minimum Gasteiger partial charge on any atom is -0.460 e. The van der Waals surface area contributed by atoms with Gasteiger partial charge in [0.2, 0.25) is 0 Å². The van der Waals surface area contributed by atoms with E-state index >= 15 is 4.39 Å². The molecule has 0 aliphatic heterocycles. The maximum atomic E-state index is 15.5. The minimum atomic E-state index is -4.39. The summed E-state index contributed by atoms with van der Waals surface area (Å²) in [4.78, 5) is 21.3. The number of aryl methyl sites for hydroxylation is 2. The number of fused-ring (bicyclic) bond motifs is 1. The number of halogens is 6. The summed E-state index contributed by atoms with van der Waals surface area (Å²) < 4.78 is 83.6. The quantitative estimate of drug-likeness (QED) is 0.260. The molecular formula is C26H31F6N3O2S. The van der Waals surface area contributed by atoms with Crippen LogP contribution in [0.25, 0.3) is 0 Å². The number of thiazole rings is 1. The Hall–Kier alpha value is -2.37. The van der Waals surface area contributed by atoms with Crippen molar-refractivity contribution in [2.24, 2.45) is 5.92 Å². The molecule has 2 heterocycles. The largest absolute Gasteiger partial charge is 0.460 e. The third-order valence-electron chi connectivity index (χ3n) is 7.43.